The van der Waals surface area contributed by atoms with Crippen LogP contribution in [0.15, 0.2) is 60.0 Å². The third kappa shape index (κ3) is 6.32. The van der Waals surface area contributed by atoms with Crippen molar-refractivity contribution in [2.45, 2.75) is 20.0 Å². The van der Waals surface area contributed by atoms with Crippen LogP contribution in [-0.2, 0) is 17.8 Å². The molecule has 0 saturated carbocycles. The number of nitrogens with zero attached hydrogens (tertiary/aromatic N) is 1. The number of hydrogen-bond acceptors (Lipinski definition) is 4. The van der Waals surface area contributed by atoms with E-state index in [0.29, 0.717) is 19.6 Å². The van der Waals surface area contributed by atoms with Crippen molar-refractivity contribution in [1.82, 2.24) is 10.3 Å². The van der Waals surface area contributed by atoms with Crippen LogP contribution < -0.4 is 10.1 Å². The molecule has 3 rings (SSSR count). The van der Waals surface area contributed by atoms with Gasteiger partial charge in [0.05, 0.1) is 10.7 Å². The third-order valence-corrected chi connectivity index (χ3v) is 4.78. The number of halogens is 1. The minimum atomic E-state index is -0.266. The lowest BCUT2D eigenvalue weighted by Gasteiger charge is -2.05. The lowest BCUT2D eigenvalue weighted by molar-refractivity contribution is -0.116. The highest BCUT2D eigenvalue weighted by molar-refractivity contribution is 7.09. The molecule has 0 aliphatic carbocycles. The molecule has 1 aromatic heterocycles. The van der Waals surface area contributed by atoms with Gasteiger partial charge in [0.1, 0.15) is 18.2 Å². The molecule has 1 heterocycles. The van der Waals surface area contributed by atoms with Crippen molar-refractivity contribution >= 4 is 23.3 Å². The van der Waals surface area contributed by atoms with E-state index in [2.05, 4.69) is 10.3 Å². The summed E-state index contributed by atoms with van der Waals surface area (Å²) < 4.78 is 18.8. The molecule has 0 bridgehead atoms. The molecule has 3 aromatic rings. The molecule has 0 fully saturated rings. The predicted octanol–water partition coefficient (Wildman–Crippen LogP) is 4.54. The zero-order chi connectivity index (χ0) is 19.8. The highest BCUT2D eigenvalue weighted by Gasteiger charge is 2.01. The molecule has 0 saturated heterocycles. The molecule has 0 aliphatic heterocycles. The summed E-state index contributed by atoms with van der Waals surface area (Å²) in [5.74, 6) is 0.302. The van der Waals surface area contributed by atoms with Crippen LogP contribution in [0.3, 0.4) is 0 Å². The number of nitrogens with one attached hydrogen (secondary N) is 1. The van der Waals surface area contributed by atoms with Gasteiger partial charge in [0.25, 0.3) is 0 Å². The lowest BCUT2D eigenvalue weighted by Crippen LogP contribution is -2.23. The van der Waals surface area contributed by atoms with Crippen molar-refractivity contribution in [3.63, 3.8) is 0 Å². The lowest BCUT2D eigenvalue weighted by atomic mass is 10.1. The molecule has 6 heteroatoms. The van der Waals surface area contributed by atoms with E-state index in [9.17, 15) is 9.18 Å². The summed E-state index contributed by atoms with van der Waals surface area (Å²) in [6.07, 6.45) is 3.81. The Morgan fingerprint density at radius 2 is 2.07 bits per heavy atom. The third-order valence-electron chi connectivity index (χ3n) is 3.96. The number of ether oxygens (including phenoxy) is 1. The second-order valence-electron chi connectivity index (χ2n) is 6.22. The van der Waals surface area contributed by atoms with E-state index in [1.807, 2.05) is 42.6 Å². The smallest absolute Gasteiger partial charge is 0.244 e. The number of aromatic nitrogens is 1. The van der Waals surface area contributed by atoms with Crippen LogP contribution in [0.1, 0.15) is 21.8 Å². The number of amides is 1. The molecule has 2 aromatic carbocycles. The molecule has 0 aliphatic rings. The largest absolute Gasteiger partial charge is 0.487 e. The molecule has 0 unspecified atom stereocenters. The molecule has 0 atom stereocenters. The van der Waals surface area contributed by atoms with Crippen LogP contribution in [-0.4, -0.2) is 17.4 Å². The molecule has 144 valence electrons. The first-order chi connectivity index (χ1) is 13.6. The minimum Gasteiger partial charge on any atom is -0.487 e. The van der Waals surface area contributed by atoms with Gasteiger partial charge in [-0.15, -0.1) is 11.3 Å². The number of carbonyl (C=O) groups is 1. The van der Waals surface area contributed by atoms with Crippen LogP contribution in [0.5, 0.6) is 5.75 Å². The average Bonchev–Trinajstić information content (AvgIpc) is 3.11. The maximum Gasteiger partial charge on any atom is 0.244 e. The standard InChI is InChI=1S/C22H21FN2O2S/c1-16-25-20(15-28-16)14-27-21-8-5-17(6-9-21)7-10-22(26)24-12-11-18-3-2-4-19(23)13-18/h2-10,13,15H,11-12,14H2,1H3,(H,24,26)/b10-7+. The van der Waals surface area contributed by atoms with Gasteiger partial charge in [-0.3, -0.25) is 4.79 Å². The van der Waals surface area contributed by atoms with E-state index in [1.165, 1.54) is 18.2 Å². The Balaban J connectivity index is 1.42. The fraction of sp³-hybridized carbons (Fsp3) is 0.182. The fourth-order valence-electron chi connectivity index (χ4n) is 2.56. The van der Waals surface area contributed by atoms with E-state index in [0.717, 1.165) is 27.6 Å². The van der Waals surface area contributed by atoms with E-state index < -0.39 is 0 Å². The number of aryl methyl sites for hydroxylation is 1. The Kier molecular flexibility index (Phi) is 6.92. The normalized spacial score (nSPS) is 10.9. The topological polar surface area (TPSA) is 51.2 Å². The summed E-state index contributed by atoms with van der Waals surface area (Å²) in [5, 5.41) is 5.80. The van der Waals surface area contributed by atoms with Crippen molar-refractivity contribution in [2.75, 3.05) is 6.54 Å². The first-order valence-corrected chi connectivity index (χ1v) is 9.81. The van der Waals surface area contributed by atoms with Gasteiger partial charge in [0.15, 0.2) is 0 Å². The second-order valence-corrected chi connectivity index (χ2v) is 7.28. The van der Waals surface area contributed by atoms with Crippen molar-refractivity contribution in [3.8, 4) is 5.75 Å². The van der Waals surface area contributed by atoms with Gasteiger partial charge >= 0.3 is 0 Å². The van der Waals surface area contributed by atoms with Gasteiger partial charge in [-0.05, 0) is 54.8 Å². The van der Waals surface area contributed by atoms with E-state index in [-0.39, 0.29) is 11.7 Å². The van der Waals surface area contributed by atoms with Crippen LogP contribution >= 0.6 is 11.3 Å². The summed E-state index contributed by atoms with van der Waals surface area (Å²) in [6.45, 7) is 2.86. The SMILES string of the molecule is Cc1nc(COc2ccc(/C=C/C(=O)NCCc3cccc(F)c3)cc2)cs1. The summed E-state index contributed by atoms with van der Waals surface area (Å²) in [5.41, 5.74) is 2.67. The molecule has 28 heavy (non-hydrogen) atoms. The number of thiazole rings is 1. The molecule has 1 N–H and O–H groups in total. The zero-order valence-electron chi connectivity index (χ0n) is 15.5. The molecule has 4 nitrogen and oxygen atoms in total. The zero-order valence-corrected chi connectivity index (χ0v) is 16.3. The maximum absolute atomic E-state index is 13.1. The Bertz CT molecular complexity index is 951. The monoisotopic (exact) mass is 396 g/mol. The maximum atomic E-state index is 13.1. The van der Waals surface area contributed by atoms with E-state index in [4.69, 9.17) is 4.74 Å². The molecular weight excluding hydrogens is 375 g/mol. The van der Waals surface area contributed by atoms with Crippen molar-refractivity contribution in [2.24, 2.45) is 0 Å². The quantitative estimate of drug-likeness (QED) is 0.569. The van der Waals surface area contributed by atoms with Crippen LogP contribution in [0.25, 0.3) is 6.08 Å². The average molecular weight is 396 g/mol. The molecule has 0 spiro atoms. The first-order valence-electron chi connectivity index (χ1n) is 8.93. The summed E-state index contributed by atoms with van der Waals surface area (Å²) in [6, 6.07) is 13.9. The van der Waals surface area contributed by atoms with Crippen LogP contribution in [0, 0.1) is 12.7 Å². The van der Waals surface area contributed by atoms with Gasteiger partial charge in [0.2, 0.25) is 5.91 Å². The molecule has 0 radical (unpaired) electrons. The Labute approximate surface area is 167 Å². The van der Waals surface area contributed by atoms with Crippen LogP contribution in [0.4, 0.5) is 4.39 Å². The highest BCUT2D eigenvalue weighted by Crippen LogP contribution is 2.16. The number of benzene rings is 2. The van der Waals surface area contributed by atoms with Gasteiger partial charge in [-0.2, -0.15) is 0 Å². The number of hydrogen-bond donors (Lipinski definition) is 1. The fourth-order valence-corrected chi connectivity index (χ4v) is 3.16. The Morgan fingerprint density at radius 3 is 2.79 bits per heavy atom. The second kappa shape index (κ2) is 9.80. The predicted molar refractivity (Wildman–Crippen MR) is 110 cm³/mol. The Morgan fingerprint density at radius 1 is 1.25 bits per heavy atom. The minimum absolute atomic E-state index is 0.185. The van der Waals surface area contributed by atoms with Gasteiger partial charge in [-0.25, -0.2) is 9.37 Å². The van der Waals surface area contributed by atoms with Crippen molar-refractivity contribution in [1.29, 1.82) is 0 Å². The molecular formula is C22H21FN2O2S. The molecule has 1 amide bonds. The number of carbonyl (C=O) groups excluding carboxylic acids is 1. The van der Waals surface area contributed by atoms with Crippen LogP contribution in [0.2, 0.25) is 0 Å². The van der Waals surface area contributed by atoms with Gasteiger partial charge in [-0.1, -0.05) is 24.3 Å². The van der Waals surface area contributed by atoms with Gasteiger partial charge in [0, 0.05) is 18.0 Å². The van der Waals surface area contributed by atoms with E-state index >= 15 is 0 Å². The summed E-state index contributed by atoms with van der Waals surface area (Å²) in [4.78, 5) is 16.3. The van der Waals surface area contributed by atoms with Crippen molar-refractivity contribution in [3.05, 3.63) is 87.6 Å². The Hall–Kier alpha value is -2.99. The summed E-state index contributed by atoms with van der Waals surface area (Å²) in [7, 11) is 0. The number of rotatable bonds is 8. The first kappa shape index (κ1) is 19.8. The van der Waals surface area contributed by atoms with E-state index in [1.54, 1.807) is 23.5 Å². The summed E-state index contributed by atoms with van der Waals surface area (Å²) >= 11 is 1.60. The van der Waals surface area contributed by atoms with Crippen molar-refractivity contribution < 1.29 is 13.9 Å². The highest BCUT2D eigenvalue weighted by atomic mass is 32.1. The van der Waals surface area contributed by atoms with Gasteiger partial charge < -0.3 is 10.1 Å².